The molecule has 0 radical (unpaired) electrons. The minimum absolute atomic E-state index is 0.123. The summed E-state index contributed by atoms with van der Waals surface area (Å²) >= 11 is 2.99. The van der Waals surface area contributed by atoms with Gasteiger partial charge in [0.25, 0.3) is 0 Å². The summed E-state index contributed by atoms with van der Waals surface area (Å²) in [4.78, 5) is 11.2. The van der Waals surface area contributed by atoms with Gasteiger partial charge in [0.2, 0.25) is 5.82 Å². The molecule has 92 valence electrons. The molecule has 1 fully saturated rings. The van der Waals surface area contributed by atoms with Gasteiger partial charge >= 0.3 is 5.97 Å². The summed E-state index contributed by atoms with van der Waals surface area (Å²) in [6.07, 6.45) is 0.880. The lowest BCUT2D eigenvalue weighted by atomic mass is 9.94. The fourth-order valence-electron chi connectivity index (χ4n) is 1.87. The Balaban J connectivity index is 2.66. The van der Waals surface area contributed by atoms with Crippen LogP contribution in [0.15, 0.2) is 10.5 Å². The number of hydrogen-bond acceptors (Lipinski definition) is 3. The van der Waals surface area contributed by atoms with Crippen molar-refractivity contribution < 1.29 is 24.1 Å². The molecule has 4 nitrogen and oxygen atoms in total. The fraction of sp³-hybridized carbons (Fsp3) is 0.364. The van der Waals surface area contributed by atoms with Gasteiger partial charge in [0.1, 0.15) is 0 Å². The first-order valence-corrected chi connectivity index (χ1v) is 5.72. The molecule has 1 aliphatic carbocycles. The molecule has 0 saturated heterocycles. The molecule has 1 aliphatic rings. The zero-order chi connectivity index (χ0) is 12.8. The Labute approximate surface area is 105 Å². The van der Waals surface area contributed by atoms with E-state index in [9.17, 15) is 19.4 Å². The topological polar surface area (TPSA) is 66.8 Å². The SMILES string of the molecule is COc1c(C2(C(=O)O)CC2)cc(Br)c(O)c1F. The summed E-state index contributed by atoms with van der Waals surface area (Å²) in [5, 5.41) is 18.6. The van der Waals surface area contributed by atoms with Gasteiger partial charge in [-0.2, -0.15) is 4.39 Å². The molecule has 2 rings (SSSR count). The van der Waals surface area contributed by atoms with Gasteiger partial charge in [-0.1, -0.05) is 0 Å². The molecule has 1 aromatic rings. The van der Waals surface area contributed by atoms with Crippen LogP contribution in [0.1, 0.15) is 18.4 Å². The molecule has 0 spiro atoms. The highest BCUT2D eigenvalue weighted by molar-refractivity contribution is 9.10. The average Bonchev–Trinajstić information content (AvgIpc) is 3.06. The van der Waals surface area contributed by atoms with Crippen molar-refractivity contribution in [2.45, 2.75) is 18.3 Å². The Morgan fingerprint density at radius 1 is 1.59 bits per heavy atom. The van der Waals surface area contributed by atoms with Gasteiger partial charge in [-0.3, -0.25) is 4.79 Å². The van der Waals surface area contributed by atoms with Crippen LogP contribution in [-0.2, 0) is 10.2 Å². The Bertz CT molecular complexity index is 497. The fourth-order valence-corrected chi connectivity index (χ4v) is 2.27. The van der Waals surface area contributed by atoms with E-state index in [0.29, 0.717) is 12.8 Å². The Kier molecular flexibility index (Phi) is 2.77. The Hall–Kier alpha value is -1.30. The van der Waals surface area contributed by atoms with Crippen molar-refractivity contribution in [1.82, 2.24) is 0 Å². The number of benzene rings is 1. The smallest absolute Gasteiger partial charge is 0.314 e. The standard InChI is InChI=1S/C11H10BrFO4/c1-17-9-5(11(2-3-11)10(15)16)4-6(12)8(14)7(9)13/h4,14H,2-3H2,1H3,(H,15,16). The highest BCUT2D eigenvalue weighted by atomic mass is 79.9. The molecule has 6 heteroatoms. The number of carboxylic acid groups (broad SMARTS) is 1. The molecule has 0 heterocycles. The highest BCUT2D eigenvalue weighted by Crippen LogP contribution is 2.54. The van der Waals surface area contributed by atoms with Crippen molar-refractivity contribution in [3.63, 3.8) is 0 Å². The van der Waals surface area contributed by atoms with Crippen LogP contribution in [0.2, 0.25) is 0 Å². The number of methoxy groups -OCH3 is 1. The maximum absolute atomic E-state index is 13.7. The maximum Gasteiger partial charge on any atom is 0.314 e. The number of aromatic hydroxyl groups is 1. The second-order valence-electron chi connectivity index (χ2n) is 3.99. The number of phenols is 1. The van der Waals surface area contributed by atoms with Crippen LogP contribution in [0.5, 0.6) is 11.5 Å². The van der Waals surface area contributed by atoms with E-state index >= 15 is 0 Å². The van der Waals surface area contributed by atoms with Crippen molar-refractivity contribution >= 4 is 21.9 Å². The minimum Gasteiger partial charge on any atom is -0.504 e. The molecule has 17 heavy (non-hydrogen) atoms. The monoisotopic (exact) mass is 304 g/mol. The number of hydrogen-bond donors (Lipinski definition) is 2. The summed E-state index contributed by atoms with van der Waals surface area (Å²) in [7, 11) is 1.24. The average molecular weight is 305 g/mol. The van der Waals surface area contributed by atoms with Gasteiger partial charge in [-0.25, -0.2) is 0 Å². The number of rotatable bonds is 3. The van der Waals surface area contributed by atoms with Gasteiger partial charge < -0.3 is 14.9 Å². The van der Waals surface area contributed by atoms with E-state index in [0.717, 1.165) is 0 Å². The van der Waals surface area contributed by atoms with E-state index in [1.807, 2.05) is 0 Å². The summed E-state index contributed by atoms with van der Waals surface area (Å²) in [5.74, 6) is -2.73. The normalized spacial score (nSPS) is 16.6. The number of carbonyl (C=O) groups is 1. The van der Waals surface area contributed by atoms with Crippen molar-refractivity contribution in [2.75, 3.05) is 7.11 Å². The summed E-state index contributed by atoms with van der Waals surface area (Å²) in [6, 6.07) is 1.40. The summed E-state index contributed by atoms with van der Waals surface area (Å²) in [5.41, 5.74) is -0.822. The van der Waals surface area contributed by atoms with E-state index in [1.165, 1.54) is 13.2 Å². The first-order chi connectivity index (χ1) is 7.94. The highest BCUT2D eigenvalue weighted by Gasteiger charge is 2.54. The number of aliphatic carboxylic acids is 1. The predicted molar refractivity (Wildman–Crippen MR) is 60.9 cm³/mol. The molecular weight excluding hydrogens is 295 g/mol. The molecule has 1 saturated carbocycles. The summed E-state index contributed by atoms with van der Waals surface area (Å²) < 4.78 is 18.7. The van der Waals surface area contributed by atoms with Crippen LogP contribution in [0.4, 0.5) is 4.39 Å². The van der Waals surface area contributed by atoms with E-state index in [1.54, 1.807) is 0 Å². The van der Waals surface area contributed by atoms with Crippen LogP contribution < -0.4 is 4.74 Å². The van der Waals surface area contributed by atoms with Crippen LogP contribution in [0.3, 0.4) is 0 Å². The van der Waals surface area contributed by atoms with Crippen molar-refractivity contribution in [3.05, 3.63) is 21.9 Å². The predicted octanol–water partition coefficient (Wildman–Crippen LogP) is 2.42. The van der Waals surface area contributed by atoms with E-state index < -0.39 is 23.0 Å². The molecular formula is C11H10BrFO4. The second-order valence-corrected chi connectivity index (χ2v) is 4.84. The van der Waals surface area contributed by atoms with Gasteiger partial charge in [0.05, 0.1) is 17.0 Å². The minimum atomic E-state index is -1.08. The lowest BCUT2D eigenvalue weighted by molar-refractivity contribution is -0.140. The second kappa shape index (κ2) is 3.87. The van der Waals surface area contributed by atoms with E-state index in [-0.39, 0.29) is 15.8 Å². The third kappa shape index (κ3) is 1.67. The van der Waals surface area contributed by atoms with E-state index in [2.05, 4.69) is 15.9 Å². The van der Waals surface area contributed by atoms with Gasteiger partial charge in [0.15, 0.2) is 11.5 Å². The molecule has 0 amide bonds. The Morgan fingerprint density at radius 2 is 2.18 bits per heavy atom. The Morgan fingerprint density at radius 3 is 2.59 bits per heavy atom. The van der Waals surface area contributed by atoms with Crippen LogP contribution in [-0.4, -0.2) is 23.3 Å². The first-order valence-electron chi connectivity index (χ1n) is 4.93. The number of phenolic OH excluding ortho intramolecular Hbond substituents is 1. The number of halogens is 2. The quantitative estimate of drug-likeness (QED) is 0.900. The lowest BCUT2D eigenvalue weighted by Gasteiger charge is -2.16. The molecule has 2 N–H and O–H groups in total. The molecule has 1 aromatic carbocycles. The molecule has 0 aliphatic heterocycles. The first kappa shape index (κ1) is 12.2. The van der Waals surface area contributed by atoms with Gasteiger partial charge in [-0.05, 0) is 34.8 Å². The largest absolute Gasteiger partial charge is 0.504 e. The molecule has 0 unspecified atom stereocenters. The third-order valence-electron chi connectivity index (χ3n) is 3.03. The van der Waals surface area contributed by atoms with Crippen LogP contribution in [0, 0.1) is 5.82 Å². The molecule has 0 aromatic heterocycles. The van der Waals surface area contributed by atoms with Crippen molar-refractivity contribution in [3.8, 4) is 11.5 Å². The number of carboxylic acids is 1. The summed E-state index contributed by atoms with van der Waals surface area (Å²) in [6.45, 7) is 0. The molecule has 0 bridgehead atoms. The van der Waals surface area contributed by atoms with Gasteiger partial charge in [-0.15, -0.1) is 0 Å². The van der Waals surface area contributed by atoms with Gasteiger partial charge in [0, 0.05) is 5.56 Å². The molecule has 0 atom stereocenters. The zero-order valence-corrected chi connectivity index (χ0v) is 10.5. The van der Waals surface area contributed by atoms with Crippen LogP contribution in [0.25, 0.3) is 0 Å². The lowest BCUT2D eigenvalue weighted by Crippen LogP contribution is -2.21. The zero-order valence-electron chi connectivity index (χ0n) is 8.96. The van der Waals surface area contributed by atoms with Crippen molar-refractivity contribution in [1.29, 1.82) is 0 Å². The third-order valence-corrected chi connectivity index (χ3v) is 3.63. The number of ether oxygens (including phenoxy) is 1. The van der Waals surface area contributed by atoms with Crippen molar-refractivity contribution in [2.24, 2.45) is 0 Å². The van der Waals surface area contributed by atoms with Crippen LogP contribution >= 0.6 is 15.9 Å². The van der Waals surface area contributed by atoms with E-state index in [4.69, 9.17) is 4.74 Å². The maximum atomic E-state index is 13.7.